The minimum Gasteiger partial charge on any atom is -0.461 e. The molecule has 1 aliphatic rings. The molecule has 30 heavy (non-hydrogen) atoms. The standard InChI is InChI=1S/C23H28N2O4S/c1-2-25-22-20(12-7-13-21(22)30(24,27)28)18-10-6-11-19(15-14-18)23(26)29-16-17-8-4-3-5-9-17/h2-5,7-9,12-13,18-19H,6,10-11,14-16H2,1H3,(H2,24,27,28)/b25-2-. The molecule has 0 aromatic heterocycles. The minimum absolute atomic E-state index is 0.0427. The number of carbonyl (C=O) groups excluding carboxylic acids is 1. The molecule has 0 radical (unpaired) electrons. The molecular formula is C23H28N2O4S. The second kappa shape index (κ2) is 10.00. The lowest BCUT2D eigenvalue weighted by atomic mass is 9.90. The van der Waals surface area contributed by atoms with E-state index in [1.807, 2.05) is 36.4 Å². The predicted octanol–water partition coefficient (Wildman–Crippen LogP) is 4.46. The zero-order valence-corrected chi connectivity index (χ0v) is 18.0. The van der Waals surface area contributed by atoms with Gasteiger partial charge in [0.1, 0.15) is 11.5 Å². The highest BCUT2D eigenvalue weighted by Gasteiger charge is 2.28. The number of ether oxygens (including phenoxy) is 1. The Balaban J connectivity index is 1.71. The SMILES string of the molecule is C/C=N\c1c(C2CCCC(C(=O)OCc3ccccc3)CC2)cccc1S(N)(=O)=O. The van der Waals surface area contributed by atoms with Crippen LogP contribution in [-0.4, -0.2) is 20.6 Å². The van der Waals surface area contributed by atoms with Crippen LogP contribution >= 0.6 is 0 Å². The second-order valence-corrected chi connectivity index (χ2v) is 9.15. The van der Waals surface area contributed by atoms with Gasteiger partial charge in [-0.1, -0.05) is 48.9 Å². The monoisotopic (exact) mass is 428 g/mol. The van der Waals surface area contributed by atoms with Gasteiger partial charge in [0.2, 0.25) is 10.0 Å². The first kappa shape index (κ1) is 22.2. The first-order valence-electron chi connectivity index (χ1n) is 10.2. The van der Waals surface area contributed by atoms with Gasteiger partial charge in [-0.3, -0.25) is 9.79 Å². The molecule has 0 amide bonds. The fraction of sp³-hybridized carbons (Fsp3) is 0.391. The van der Waals surface area contributed by atoms with Gasteiger partial charge < -0.3 is 4.74 Å². The maximum absolute atomic E-state index is 12.6. The van der Waals surface area contributed by atoms with Crippen molar-refractivity contribution in [3.8, 4) is 0 Å². The van der Waals surface area contributed by atoms with E-state index in [4.69, 9.17) is 9.88 Å². The van der Waals surface area contributed by atoms with E-state index in [9.17, 15) is 13.2 Å². The van der Waals surface area contributed by atoms with E-state index >= 15 is 0 Å². The summed E-state index contributed by atoms with van der Waals surface area (Å²) < 4.78 is 29.5. The zero-order chi connectivity index (χ0) is 21.6. The van der Waals surface area contributed by atoms with Crippen molar-refractivity contribution in [3.63, 3.8) is 0 Å². The fourth-order valence-corrected chi connectivity index (χ4v) is 4.77. The molecule has 1 saturated carbocycles. The number of benzene rings is 2. The Hall–Kier alpha value is -2.51. The van der Waals surface area contributed by atoms with E-state index in [0.29, 0.717) is 12.1 Å². The lowest BCUT2D eigenvalue weighted by Crippen LogP contribution is -2.17. The lowest BCUT2D eigenvalue weighted by molar-refractivity contribution is -0.150. The Morgan fingerprint density at radius 3 is 2.57 bits per heavy atom. The molecule has 2 N–H and O–H groups in total. The van der Waals surface area contributed by atoms with Crippen LogP contribution in [0.15, 0.2) is 58.4 Å². The maximum atomic E-state index is 12.6. The Kier molecular flexibility index (Phi) is 7.39. The Morgan fingerprint density at radius 2 is 1.87 bits per heavy atom. The number of nitrogens with zero attached hydrogens (tertiary/aromatic N) is 1. The van der Waals surface area contributed by atoms with E-state index in [1.54, 1.807) is 19.2 Å². The van der Waals surface area contributed by atoms with Gasteiger partial charge in [-0.25, -0.2) is 13.6 Å². The van der Waals surface area contributed by atoms with E-state index in [2.05, 4.69) is 4.99 Å². The number of hydrogen-bond acceptors (Lipinski definition) is 5. The average Bonchev–Trinajstić information content (AvgIpc) is 2.99. The Bertz CT molecular complexity index is 1000. The molecular weight excluding hydrogens is 400 g/mol. The van der Waals surface area contributed by atoms with Crippen molar-refractivity contribution in [1.82, 2.24) is 0 Å². The van der Waals surface area contributed by atoms with Gasteiger partial charge in [0.15, 0.2) is 0 Å². The molecule has 2 aromatic rings. The summed E-state index contributed by atoms with van der Waals surface area (Å²) in [7, 11) is -3.87. The van der Waals surface area contributed by atoms with Gasteiger partial charge in [0.25, 0.3) is 0 Å². The molecule has 3 rings (SSSR count). The van der Waals surface area contributed by atoms with Crippen LogP contribution < -0.4 is 5.14 Å². The number of nitrogens with two attached hydrogens (primary N) is 1. The van der Waals surface area contributed by atoms with E-state index in [1.165, 1.54) is 6.07 Å². The van der Waals surface area contributed by atoms with Gasteiger partial charge in [-0.2, -0.15) is 0 Å². The van der Waals surface area contributed by atoms with E-state index in [0.717, 1.165) is 36.8 Å². The van der Waals surface area contributed by atoms with Gasteiger partial charge in [0.05, 0.1) is 11.6 Å². The first-order chi connectivity index (χ1) is 14.4. The van der Waals surface area contributed by atoms with Crippen LogP contribution in [0.2, 0.25) is 0 Å². The van der Waals surface area contributed by atoms with Crippen LogP contribution in [0.1, 0.15) is 56.1 Å². The molecule has 160 valence electrons. The Morgan fingerprint density at radius 1 is 1.10 bits per heavy atom. The summed E-state index contributed by atoms with van der Waals surface area (Å²) >= 11 is 0. The van der Waals surface area contributed by atoms with E-state index in [-0.39, 0.29) is 29.3 Å². The summed E-state index contributed by atoms with van der Waals surface area (Å²) in [6.07, 6.45) is 5.55. The largest absolute Gasteiger partial charge is 0.461 e. The van der Waals surface area contributed by atoms with Crippen LogP contribution in [-0.2, 0) is 26.2 Å². The summed E-state index contributed by atoms with van der Waals surface area (Å²) in [4.78, 5) is 16.9. The van der Waals surface area contributed by atoms with Crippen LogP contribution in [0.4, 0.5) is 5.69 Å². The van der Waals surface area contributed by atoms with Crippen molar-refractivity contribution in [2.75, 3.05) is 0 Å². The molecule has 2 aromatic carbocycles. The van der Waals surface area contributed by atoms with E-state index < -0.39 is 10.0 Å². The van der Waals surface area contributed by atoms with Crippen LogP contribution in [0.5, 0.6) is 0 Å². The smallest absolute Gasteiger partial charge is 0.309 e. The van der Waals surface area contributed by atoms with Gasteiger partial charge in [0, 0.05) is 6.21 Å². The van der Waals surface area contributed by atoms with Crippen molar-refractivity contribution in [1.29, 1.82) is 0 Å². The van der Waals surface area contributed by atoms with Gasteiger partial charge >= 0.3 is 5.97 Å². The minimum atomic E-state index is -3.87. The van der Waals surface area contributed by atoms with Gasteiger partial charge in [-0.05, 0) is 55.7 Å². The summed E-state index contributed by atoms with van der Waals surface area (Å²) in [6, 6.07) is 14.8. The van der Waals surface area contributed by atoms with Gasteiger partial charge in [-0.15, -0.1) is 0 Å². The number of esters is 1. The second-order valence-electron chi connectivity index (χ2n) is 7.62. The molecule has 0 saturated heterocycles. The number of rotatable bonds is 6. The normalized spacial score (nSPS) is 20.1. The third kappa shape index (κ3) is 5.55. The molecule has 0 spiro atoms. The first-order valence-corrected chi connectivity index (χ1v) is 11.8. The predicted molar refractivity (Wildman–Crippen MR) is 117 cm³/mol. The van der Waals surface area contributed by atoms with Crippen molar-refractivity contribution in [3.05, 3.63) is 59.7 Å². The molecule has 0 aliphatic heterocycles. The molecule has 1 fully saturated rings. The maximum Gasteiger partial charge on any atom is 0.309 e. The molecule has 1 aliphatic carbocycles. The number of carbonyl (C=O) groups is 1. The molecule has 6 nitrogen and oxygen atoms in total. The summed E-state index contributed by atoms with van der Waals surface area (Å²) in [5.41, 5.74) is 2.26. The third-order valence-electron chi connectivity index (χ3n) is 5.56. The molecule has 0 heterocycles. The zero-order valence-electron chi connectivity index (χ0n) is 17.2. The average molecular weight is 429 g/mol. The lowest BCUT2D eigenvalue weighted by Gasteiger charge is -2.19. The molecule has 7 heteroatoms. The van der Waals surface area contributed by atoms with Crippen molar-refractivity contribution in [2.24, 2.45) is 16.0 Å². The highest BCUT2D eigenvalue weighted by molar-refractivity contribution is 7.89. The Labute approximate surface area is 178 Å². The fourth-order valence-electron chi connectivity index (χ4n) is 4.06. The highest BCUT2D eigenvalue weighted by Crippen LogP contribution is 2.40. The number of primary sulfonamides is 1. The number of sulfonamides is 1. The number of hydrogen-bond donors (Lipinski definition) is 1. The third-order valence-corrected chi connectivity index (χ3v) is 6.50. The summed E-state index contributed by atoms with van der Waals surface area (Å²) in [5, 5.41) is 5.40. The highest BCUT2D eigenvalue weighted by atomic mass is 32.2. The molecule has 0 bridgehead atoms. The molecule has 2 unspecified atom stereocenters. The quantitative estimate of drug-likeness (QED) is 0.417. The molecule has 2 atom stereocenters. The van der Waals surface area contributed by atoms with Crippen molar-refractivity contribution in [2.45, 2.75) is 56.4 Å². The van der Waals surface area contributed by atoms with Crippen molar-refractivity contribution < 1.29 is 17.9 Å². The topological polar surface area (TPSA) is 98.8 Å². The summed E-state index contributed by atoms with van der Waals surface area (Å²) in [6.45, 7) is 2.03. The number of aliphatic imine (C=N–C) groups is 1. The number of para-hydroxylation sites is 1. The summed E-state index contributed by atoms with van der Waals surface area (Å²) in [5.74, 6) is -0.180. The van der Waals surface area contributed by atoms with Crippen LogP contribution in [0, 0.1) is 5.92 Å². The van der Waals surface area contributed by atoms with Crippen LogP contribution in [0.25, 0.3) is 0 Å². The van der Waals surface area contributed by atoms with Crippen LogP contribution in [0.3, 0.4) is 0 Å². The van der Waals surface area contributed by atoms with Crippen molar-refractivity contribution >= 4 is 27.9 Å².